The Bertz CT molecular complexity index is 2080. The Hall–Kier alpha value is -3.96. The van der Waals surface area contributed by atoms with Crippen LogP contribution in [0.2, 0.25) is 0 Å². The van der Waals surface area contributed by atoms with E-state index in [4.69, 9.17) is 8.22 Å². The predicted octanol–water partition coefficient (Wildman–Crippen LogP) is 7.22. The molecule has 1 aliphatic rings. The van der Waals surface area contributed by atoms with E-state index in [1.165, 1.54) is 53.1 Å². The Balaban J connectivity index is 1.60. The first-order chi connectivity index (χ1) is 25.6. The first-order valence-corrected chi connectivity index (χ1v) is 15.8. The van der Waals surface area contributed by atoms with Crippen LogP contribution in [-0.2, 0) is 42.6 Å². The molecule has 3 aromatic carbocycles. The van der Waals surface area contributed by atoms with Crippen LogP contribution in [0.3, 0.4) is 0 Å². The number of nitrogens with zero attached hydrogens (tertiary/aromatic N) is 4. The number of hydrogen-bond donors (Lipinski definition) is 0. The van der Waals surface area contributed by atoms with E-state index in [9.17, 15) is 29.9 Å². The van der Waals surface area contributed by atoms with E-state index in [-0.39, 0.29) is 46.3 Å². The molecular weight excluding hydrogens is 628 g/mol. The van der Waals surface area contributed by atoms with Crippen molar-refractivity contribution in [1.29, 1.82) is 0 Å². The zero-order valence-electron chi connectivity index (χ0n) is 33.7. The van der Waals surface area contributed by atoms with Crippen molar-refractivity contribution in [2.45, 2.75) is 63.2 Å². The Labute approximate surface area is 287 Å². The number of benzene rings is 3. The SMILES string of the molecule is [2H]C([2H])(Sc1nc(=O)c2c(n1CC(=O)N(C([2H])([2H])c1ccc(-c3ccc(C(F)(F)F)cc3)cc1)C([2H])([2H])C([2H])([2H])N(CC)CC)CCC2)c1ccc(F)cc1. The lowest BCUT2D eigenvalue weighted by Crippen LogP contribution is -2.40. The largest absolute Gasteiger partial charge is 0.416 e. The zero-order chi connectivity index (χ0) is 40.7. The van der Waals surface area contributed by atoms with E-state index in [0.717, 1.165) is 29.2 Å². The quantitative estimate of drug-likeness (QED) is 0.0852. The van der Waals surface area contributed by atoms with Crippen molar-refractivity contribution in [3.05, 3.63) is 117 Å². The monoisotopic (exact) mass is 674 g/mol. The lowest BCUT2D eigenvalue weighted by molar-refractivity contribution is -0.137. The van der Waals surface area contributed by atoms with Gasteiger partial charge >= 0.3 is 6.18 Å². The number of thioether (sulfide) groups is 1. The molecule has 1 heterocycles. The number of carbonyl (C=O) groups excluding carboxylic acids is 1. The molecule has 0 saturated heterocycles. The van der Waals surface area contributed by atoms with Gasteiger partial charge < -0.3 is 14.4 Å². The number of fused-ring (bicyclic) bond motifs is 1. The third-order valence-electron chi connectivity index (χ3n) is 7.60. The molecule has 47 heavy (non-hydrogen) atoms. The predicted molar refractivity (Wildman–Crippen MR) is 177 cm³/mol. The van der Waals surface area contributed by atoms with Crippen LogP contribution in [0.25, 0.3) is 11.1 Å². The summed E-state index contributed by atoms with van der Waals surface area (Å²) < 4.78 is 126. The number of rotatable bonds is 13. The molecule has 1 aliphatic carbocycles. The van der Waals surface area contributed by atoms with Gasteiger partial charge in [0.25, 0.3) is 5.56 Å². The first-order valence-electron chi connectivity index (χ1n) is 19.0. The van der Waals surface area contributed by atoms with Gasteiger partial charge in [-0.3, -0.25) is 9.59 Å². The normalized spacial score (nSPS) is 16.6. The van der Waals surface area contributed by atoms with E-state index in [2.05, 4.69) is 4.98 Å². The van der Waals surface area contributed by atoms with Crippen molar-refractivity contribution in [3.8, 4) is 11.1 Å². The summed E-state index contributed by atoms with van der Waals surface area (Å²) in [5.41, 5.74) is -2.75. The molecule has 11 heteroatoms. The van der Waals surface area contributed by atoms with E-state index in [1.54, 1.807) is 13.8 Å². The molecule has 0 atom stereocenters. The minimum absolute atomic E-state index is 0.00768. The summed E-state index contributed by atoms with van der Waals surface area (Å²) in [6, 6.07) is 14.1. The first kappa shape index (κ1) is 25.1. The average molecular weight is 675 g/mol. The van der Waals surface area contributed by atoms with E-state index in [1.807, 2.05) is 0 Å². The second-order valence-electron chi connectivity index (χ2n) is 10.7. The van der Waals surface area contributed by atoms with Gasteiger partial charge in [0, 0.05) is 41.9 Å². The van der Waals surface area contributed by atoms with Crippen molar-refractivity contribution in [1.82, 2.24) is 19.4 Å². The van der Waals surface area contributed by atoms with Gasteiger partial charge in [0.15, 0.2) is 5.16 Å². The van der Waals surface area contributed by atoms with Crippen molar-refractivity contribution < 1.29 is 33.3 Å². The van der Waals surface area contributed by atoms with Gasteiger partial charge in [0.2, 0.25) is 5.91 Å². The van der Waals surface area contributed by atoms with E-state index < -0.39 is 60.8 Å². The van der Waals surface area contributed by atoms with Crippen LogP contribution in [0.1, 0.15) is 59.2 Å². The van der Waals surface area contributed by atoms with Crippen molar-refractivity contribution in [3.63, 3.8) is 0 Å². The molecular formula is C36H38F4N4O2S. The fraction of sp³-hybridized carbons (Fsp3) is 0.361. The van der Waals surface area contributed by atoms with E-state index in [0.29, 0.717) is 41.4 Å². The Morgan fingerprint density at radius 2 is 1.53 bits per heavy atom. The van der Waals surface area contributed by atoms with Crippen molar-refractivity contribution in [2.75, 3.05) is 26.1 Å². The second-order valence-corrected chi connectivity index (χ2v) is 11.4. The van der Waals surface area contributed by atoms with Crippen LogP contribution in [0, 0.1) is 5.82 Å². The van der Waals surface area contributed by atoms with Gasteiger partial charge in [-0.05, 0) is 78.9 Å². The fourth-order valence-electron chi connectivity index (χ4n) is 5.03. The van der Waals surface area contributed by atoms with Crippen LogP contribution in [0.15, 0.2) is 82.7 Å². The third-order valence-corrected chi connectivity index (χ3v) is 8.43. The summed E-state index contributed by atoms with van der Waals surface area (Å²) in [5, 5.41) is -0.276. The van der Waals surface area contributed by atoms with Crippen molar-refractivity contribution >= 4 is 17.7 Å². The summed E-state index contributed by atoms with van der Waals surface area (Å²) >= 11 is 0.456. The van der Waals surface area contributed by atoms with Gasteiger partial charge in [-0.15, -0.1) is 0 Å². The molecule has 1 aromatic heterocycles. The van der Waals surface area contributed by atoms with Crippen LogP contribution in [-0.4, -0.2) is 51.3 Å². The highest BCUT2D eigenvalue weighted by Crippen LogP contribution is 2.31. The molecule has 1 amide bonds. The number of amides is 1. The zero-order valence-corrected chi connectivity index (χ0v) is 26.5. The maximum Gasteiger partial charge on any atom is 0.416 e. The van der Waals surface area contributed by atoms with E-state index >= 15 is 0 Å². The van der Waals surface area contributed by atoms with Gasteiger partial charge in [0.1, 0.15) is 12.4 Å². The van der Waals surface area contributed by atoms with Gasteiger partial charge in [0.05, 0.1) is 11.0 Å². The Kier molecular flexibility index (Phi) is 8.17. The molecule has 0 bridgehead atoms. The molecule has 0 spiro atoms. The average Bonchev–Trinajstić information content (AvgIpc) is 3.61. The molecule has 0 unspecified atom stereocenters. The second kappa shape index (κ2) is 15.3. The molecule has 6 nitrogen and oxygen atoms in total. The summed E-state index contributed by atoms with van der Waals surface area (Å²) in [7, 11) is 0. The minimum Gasteiger partial charge on any atom is -0.336 e. The molecule has 0 fully saturated rings. The standard InChI is InChI=1S/C36H38F4N4O2S/c1-3-42(4-2)20-21-43(22-25-8-12-27(13-9-25)28-14-16-29(17-15-28)36(38,39)40)33(45)23-44-32-7-5-6-31(32)34(46)41-35(44)47-24-26-10-18-30(37)19-11-26/h8-19H,3-7,20-24H2,1-2H3/i20D2,21D2,22D2,24D2. The molecule has 0 saturated carbocycles. The molecule has 4 aromatic rings. The summed E-state index contributed by atoms with van der Waals surface area (Å²) in [6.07, 6.45) is -3.51. The topological polar surface area (TPSA) is 58.4 Å². The van der Waals surface area contributed by atoms with Gasteiger partial charge in [-0.25, -0.2) is 4.39 Å². The lowest BCUT2D eigenvalue weighted by Gasteiger charge is -2.28. The molecule has 248 valence electrons. The summed E-state index contributed by atoms with van der Waals surface area (Å²) in [6.45, 7) is -7.14. The number of hydrogen-bond acceptors (Lipinski definition) is 5. The molecule has 5 rings (SSSR count). The van der Waals surface area contributed by atoms with Crippen LogP contribution in [0.5, 0.6) is 0 Å². The number of alkyl halides is 3. The minimum atomic E-state index is -4.55. The number of halogens is 4. The smallest absolute Gasteiger partial charge is 0.336 e. The highest BCUT2D eigenvalue weighted by Gasteiger charge is 2.30. The highest BCUT2D eigenvalue weighted by atomic mass is 32.2. The highest BCUT2D eigenvalue weighted by molar-refractivity contribution is 7.98. The number of likely N-dealkylation sites (N-methyl/N-ethyl adjacent to an activating group) is 1. The fourth-order valence-corrected chi connectivity index (χ4v) is 5.79. The Morgan fingerprint density at radius 3 is 2.15 bits per heavy atom. The van der Waals surface area contributed by atoms with Gasteiger partial charge in [-0.1, -0.05) is 74.1 Å². The summed E-state index contributed by atoms with van der Waals surface area (Å²) in [4.78, 5) is 33.1. The molecule has 0 N–H and O–H groups in total. The number of carbonyl (C=O) groups is 1. The third kappa shape index (κ3) is 8.70. The Morgan fingerprint density at radius 1 is 0.915 bits per heavy atom. The van der Waals surface area contributed by atoms with Gasteiger partial charge in [-0.2, -0.15) is 18.2 Å². The maximum atomic E-state index is 14.6. The van der Waals surface area contributed by atoms with Crippen LogP contribution >= 0.6 is 11.8 Å². The maximum absolute atomic E-state index is 14.6. The molecule has 0 radical (unpaired) electrons. The van der Waals surface area contributed by atoms with Crippen molar-refractivity contribution in [2.24, 2.45) is 0 Å². The lowest BCUT2D eigenvalue weighted by atomic mass is 10.0. The van der Waals surface area contributed by atoms with Crippen LogP contribution in [0.4, 0.5) is 17.6 Å². The number of aromatic nitrogens is 2. The van der Waals surface area contributed by atoms with Crippen LogP contribution < -0.4 is 5.56 Å². The molecule has 0 aliphatic heterocycles. The summed E-state index contributed by atoms with van der Waals surface area (Å²) in [5.74, 6) is -1.87.